The number of ether oxygens (including phenoxy) is 2. The summed E-state index contributed by atoms with van der Waals surface area (Å²) in [5.41, 5.74) is 2.31. The van der Waals surface area contributed by atoms with E-state index in [1.54, 1.807) is 0 Å². The zero-order valence-corrected chi connectivity index (χ0v) is 16.8. The van der Waals surface area contributed by atoms with Gasteiger partial charge >= 0.3 is 0 Å². The van der Waals surface area contributed by atoms with E-state index in [1.165, 1.54) is 31.2 Å². The zero-order valence-electron chi connectivity index (χ0n) is 16.0. The van der Waals surface area contributed by atoms with Crippen LogP contribution in [0, 0.1) is 0 Å². The SMILES string of the molecule is CCCCCCc1ccc(C(=S)Oc2ccc(OCCCC)cc2)cc1. The number of aryl methyl sites for hydroxylation is 1. The molecule has 26 heavy (non-hydrogen) atoms. The Morgan fingerprint density at radius 1 is 0.769 bits per heavy atom. The summed E-state index contributed by atoms with van der Waals surface area (Å²) >= 11 is 5.43. The van der Waals surface area contributed by atoms with Crippen molar-refractivity contribution in [1.29, 1.82) is 0 Å². The first kappa shape index (κ1) is 20.4. The molecule has 0 aliphatic rings. The van der Waals surface area contributed by atoms with Crippen molar-refractivity contribution in [3.05, 3.63) is 59.7 Å². The van der Waals surface area contributed by atoms with E-state index in [1.807, 2.05) is 24.3 Å². The third-order valence-electron chi connectivity index (χ3n) is 4.31. The molecule has 0 N–H and O–H groups in total. The van der Waals surface area contributed by atoms with E-state index in [9.17, 15) is 0 Å². The summed E-state index contributed by atoms with van der Waals surface area (Å²) in [6.07, 6.45) is 8.48. The molecule has 2 nitrogen and oxygen atoms in total. The molecular formula is C23H30O2S. The normalized spacial score (nSPS) is 10.5. The minimum Gasteiger partial charge on any atom is -0.494 e. The van der Waals surface area contributed by atoms with Gasteiger partial charge in [0.2, 0.25) is 0 Å². The third kappa shape index (κ3) is 7.17. The highest BCUT2D eigenvalue weighted by molar-refractivity contribution is 7.80. The maximum Gasteiger partial charge on any atom is 0.198 e. The van der Waals surface area contributed by atoms with Gasteiger partial charge in [-0.15, -0.1) is 0 Å². The van der Waals surface area contributed by atoms with Crippen molar-refractivity contribution < 1.29 is 9.47 Å². The molecule has 0 amide bonds. The lowest BCUT2D eigenvalue weighted by Gasteiger charge is -2.10. The lowest BCUT2D eigenvalue weighted by atomic mass is 10.0. The van der Waals surface area contributed by atoms with Crippen LogP contribution in [0.4, 0.5) is 0 Å². The summed E-state index contributed by atoms with van der Waals surface area (Å²) in [5.74, 6) is 1.60. The molecule has 140 valence electrons. The first-order chi connectivity index (χ1) is 12.7. The van der Waals surface area contributed by atoms with Gasteiger partial charge in [-0.25, -0.2) is 0 Å². The van der Waals surface area contributed by atoms with Gasteiger partial charge in [-0.3, -0.25) is 0 Å². The average molecular weight is 371 g/mol. The van der Waals surface area contributed by atoms with Crippen LogP contribution < -0.4 is 9.47 Å². The molecule has 0 heterocycles. The molecule has 0 aromatic heterocycles. The van der Waals surface area contributed by atoms with Crippen molar-refractivity contribution in [3.63, 3.8) is 0 Å². The van der Waals surface area contributed by atoms with Gasteiger partial charge in [-0.1, -0.05) is 63.8 Å². The summed E-state index contributed by atoms with van der Waals surface area (Å²) in [7, 11) is 0. The fourth-order valence-corrected chi connectivity index (χ4v) is 2.90. The quantitative estimate of drug-likeness (QED) is 0.322. The molecule has 0 radical (unpaired) electrons. The number of unbranched alkanes of at least 4 members (excludes halogenated alkanes) is 4. The molecule has 0 unspecified atom stereocenters. The molecule has 2 aromatic rings. The van der Waals surface area contributed by atoms with Crippen molar-refractivity contribution in [1.82, 2.24) is 0 Å². The summed E-state index contributed by atoms with van der Waals surface area (Å²) < 4.78 is 11.5. The molecule has 0 fully saturated rings. The van der Waals surface area contributed by atoms with Crippen molar-refractivity contribution in [3.8, 4) is 11.5 Å². The second-order valence-electron chi connectivity index (χ2n) is 6.57. The average Bonchev–Trinajstić information content (AvgIpc) is 2.67. The number of hydrogen-bond acceptors (Lipinski definition) is 3. The highest BCUT2D eigenvalue weighted by Crippen LogP contribution is 2.20. The minimum atomic E-state index is 0.502. The maximum atomic E-state index is 5.81. The van der Waals surface area contributed by atoms with E-state index < -0.39 is 0 Å². The van der Waals surface area contributed by atoms with Crippen LogP contribution in [0.1, 0.15) is 63.5 Å². The Bertz CT molecular complexity index is 647. The van der Waals surface area contributed by atoms with Crippen LogP contribution in [-0.2, 0) is 6.42 Å². The summed E-state index contributed by atoms with van der Waals surface area (Å²) in [6, 6.07) is 16.1. The van der Waals surface area contributed by atoms with E-state index in [4.69, 9.17) is 21.7 Å². The Kier molecular flexibility index (Phi) is 9.19. The van der Waals surface area contributed by atoms with Crippen LogP contribution in [0.15, 0.2) is 48.5 Å². The Morgan fingerprint density at radius 2 is 1.42 bits per heavy atom. The molecule has 0 spiro atoms. The summed E-state index contributed by atoms with van der Waals surface area (Å²) in [6.45, 7) is 5.14. The second kappa shape index (κ2) is 11.7. The molecule has 3 heteroatoms. The van der Waals surface area contributed by atoms with Crippen LogP contribution in [0.5, 0.6) is 11.5 Å². The van der Waals surface area contributed by atoms with Gasteiger partial charge in [0, 0.05) is 5.56 Å². The van der Waals surface area contributed by atoms with Crippen LogP contribution >= 0.6 is 12.2 Å². The smallest absolute Gasteiger partial charge is 0.198 e. The van der Waals surface area contributed by atoms with E-state index in [0.717, 1.165) is 42.9 Å². The van der Waals surface area contributed by atoms with Gasteiger partial charge in [-0.2, -0.15) is 0 Å². The zero-order chi connectivity index (χ0) is 18.6. The summed E-state index contributed by atoms with van der Waals surface area (Å²) in [4.78, 5) is 0. The number of benzene rings is 2. The van der Waals surface area contributed by atoms with E-state index in [0.29, 0.717) is 5.05 Å². The van der Waals surface area contributed by atoms with Crippen LogP contribution in [0.25, 0.3) is 0 Å². The molecule has 2 rings (SSSR count). The van der Waals surface area contributed by atoms with Crippen molar-refractivity contribution in [2.45, 2.75) is 58.8 Å². The molecule has 0 aliphatic carbocycles. The maximum absolute atomic E-state index is 5.81. The Morgan fingerprint density at radius 3 is 2.08 bits per heavy atom. The topological polar surface area (TPSA) is 18.5 Å². The Hall–Kier alpha value is -1.87. The standard InChI is InChI=1S/C23H30O2S/c1-3-5-7-8-9-19-10-12-20(13-11-19)23(26)25-22-16-14-21(15-17-22)24-18-6-4-2/h10-17H,3-9,18H2,1-2H3. The van der Waals surface area contributed by atoms with Crippen LogP contribution in [0.2, 0.25) is 0 Å². The molecule has 0 bridgehead atoms. The number of hydrogen-bond donors (Lipinski definition) is 0. The van der Waals surface area contributed by atoms with E-state index >= 15 is 0 Å². The highest BCUT2D eigenvalue weighted by atomic mass is 32.1. The molecular weight excluding hydrogens is 340 g/mol. The highest BCUT2D eigenvalue weighted by Gasteiger charge is 2.05. The minimum absolute atomic E-state index is 0.502. The Balaban J connectivity index is 1.83. The molecule has 0 atom stereocenters. The van der Waals surface area contributed by atoms with E-state index in [-0.39, 0.29) is 0 Å². The van der Waals surface area contributed by atoms with Gasteiger partial charge in [0.05, 0.1) is 6.61 Å². The molecule has 0 saturated heterocycles. The third-order valence-corrected chi connectivity index (χ3v) is 4.63. The van der Waals surface area contributed by atoms with Crippen LogP contribution in [0.3, 0.4) is 0 Å². The van der Waals surface area contributed by atoms with E-state index in [2.05, 4.69) is 38.1 Å². The molecule has 0 aliphatic heterocycles. The van der Waals surface area contributed by atoms with Crippen molar-refractivity contribution in [2.75, 3.05) is 6.61 Å². The van der Waals surface area contributed by atoms with Gasteiger partial charge in [-0.05, 0) is 61.3 Å². The first-order valence-corrected chi connectivity index (χ1v) is 10.2. The van der Waals surface area contributed by atoms with Crippen LogP contribution in [-0.4, -0.2) is 11.7 Å². The first-order valence-electron chi connectivity index (χ1n) is 9.77. The molecule has 0 saturated carbocycles. The van der Waals surface area contributed by atoms with Gasteiger partial charge < -0.3 is 9.47 Å². The van der Waals surface area contributed by atoms with Gasteiger partial charge in [0.15, 0.2) is 5.05 Å². The Labute approximate surface area is 163 Å². The largest absolute Gasteiger partial charge is 0.494 e. The predicted octanol–water partition coefficient (Wildman–Crippen LogP) is 6.74. The summed E-state index contributed by atoms with van der Waals surface area (Å²) in [5, 5.41) is 0.502. The lowest BCUT2D eigenvalue weighted by Crippen LogP contribution is -2.07. The van der Waals surface area contributed by atoms with Crippen molar-refractivity contribution >= 4 is 17.3 Å². The lowest BCUT2D eigenvalue weighted by molar-refractivity contribution is 0.309. The fourth-order valence-electron chi connectivity index (χ4n) is 2.67. The van der Waals surface area contributed by atoms with Crippen molar-refractivity contribution in [2.24, 2.45) is 0 Å². The number of thiocarbonyl (C=S) groups is 1. The van der Waals surface area contributed by atoms with Gasteiger partial charge in [0.25, 0.3) is 0 Å². The second-order valence-corrected chi connectivity index (χ2v) is 6.94. The monoisotopic (exact) mass is 370 g/mol. The molecule has 2 aromatic carbocycles. The predicted molar refractivity (Wildman–Crippen MR) is 113 cm³/mol. The number of rotatable bonds is 11. The fraction of sp³-hybridized carbons (Fsp3) is 0.435. The van der Waals surface area contributed by atoms with Gasteiger partial charge in [0.1, 0.15) is 11.5 Å².